The summed E-state index contributed by atoms with van der Waals surface area (Å²) in [5, 5.41) is 10.7. The smallest absolute Gasteiger partial charge is 0.305 e. The van der Waals surface area contributed by atoms with Crippen LogP contribution in [0.5, 0.6) is 0 Å². The van der Waals surface area contributed by atoms with Gasteiger partial charge in [0, 0.05) is 30.8 Å². The number of aliphatic hydroxyl groups is 1. The van der Waals surface area contributed by atoms with E-state index in [2.05, 4.69) is 13.8 Å². The number of hydrogen-bond donors (Lipinski definition) is 1. The molecule has 1 aliphatic heterocycles. The van der Waals surface area contributed by atoms with Gasteiger partial charge in [0.05, 0.1) is 6.10 Å². The highest BCUT2D eigenvalue weighted by molar-refractivity contribution is 5.67. The van der Waals surface area contributed by atoms with Crippen molar-refractivity contribution in [3.05, 3.63) is 11.6 Å². The predicted octanol–water partition coefficient (Wildman–Crippen LogP) is 2.15. The van der Waals surface area contributed by atoms with Gasteiger partial charge in [-0.15, -0.1) is 0 Å². The van der Waals surface area contributed by atoms with Crippen molar-refractivity contribution in [1.82, 2.24) is 0 Å². The Morgan fingerprint density at radius 2 is 1.84 bits per heavy atom. The van der Waals surface area contributed by atoms with Crippen LogP contribution in [0.4, 0.5) is 0 Å². The van der Waals surface area contributed by atoms with Gasteiger partial charge in [0.2, 0.25) is 12.6 Å². The van der Waals surface area contributed by atoms with E-state index in [0.717, 1.165) is 24.8 Å². The molecule has 0 aromatic heterocycles. The number of fused-ring (bicyclic) bond motifs is 1. The Kier molecular flexibility index (Phi) is 3.61. The lowest BCUT2D eigenvalue weighted by molar-refractivity contribution is -0.273. The quantitative estimate of drug-likeness (QED) is 0.607. The van der Waals surface area contributed by atoms with Crippen LogP contribution in [0, 0.1) is 28.6 Å². The van der Waals surface area contributed by atoms with Crippen molar-refractivity contribution in [1.29, 1.82) is 0 Å². The summed E-state index contributed by atoms with van der Waals surface area (Å²) >= 11 is 0. The summed E-state index contributed by atoms with van der Waals surface area (Å²) in [7, 11) is 0. The first-order valence-corrected chi connectivity index (χ1v) is 9.08. The molecule has 1 saturated heterocycles. The Hall–Kier alpha value is -1.40. The summed E-state index contributed by atoms with van der Waals surface area (Å²) in [5.41, 5.74) is 0.602. The topological polar surface area (TPSA) is 82.1 Å². The van der Waals surface area contributed by atoms with Crippen molar-refractivity contribution in [2.24, 2.45) is 28.6 Å². The normalized spacial score (nSPS) is 46.2. The van der Waals surface area contributed by atoms with Crippen molar-refractivity contribution in [3.8, 4) is 0 Å². The van der Waals surface area contributed by atoms with Gasteiger partial charge in [-0.2, -0.15) is 0 Å². The first-order valence-electron chi connectivity index (χ1n) is 9.08. The Morgan fingerprint density at radius 1 is 1.16 bits per heavy atom. The summed E-state index contributed by atoms with van der Waals surface area (Å²) in [6.07, 6.45) is 2.36. The zero-order chi connectivity index (χ0) is 18.1. The fraction of sp³-hybridized carbons (Fsp3) is 0.789. The number of hydrogen-bond acceptors (Lipinski definition) is 6. The van der Waals surface area contributed by atoms with Gasteiger partial charge >= 0.3 is 11.9 Å². The van der Waals surface area contributed by atoms with Crippen LogP contribution in [0.2, 0.25) is 0 Å². The zero-order valence-electron chi connectivity index (χ0n) is 15.2. The molecule has 0 radical (unpaired) electrons. The molecule has 3 aliphatic carbocycles. The minimum absolute atomic E-state index is 0.0364. The van der Waals surface area contributed by atoms with E-state index >= 15 is 0 Å². The molecule has 1 heterocycles. The Labute approximate surface area is 147 Å². The fourth-order valence-corrected chi connectivity index (χ4v) is 6.37. The van der Waals surface area contributed by atoms with Gasteiger partial charge in [-0.3, -0.25) is 14.3 Å². The number of ether oxygens (including phenoxy) is 3. The van der Waals surface area contributed by atoms with Crippen molar-refractivity contribution in [3.63, 3.8) is 0 Å². The maximum atomic E-state index is 11.6. The Morgan fingerprint density at radius 3 is 2.48 bits per heavy atom. The highest BCUT2D eigenvalue weighted by Gasteiger charge is 2.72. The molecule has 2 bridgehead atoms. The van der Waals surface area contributed by atoms with E-state index in [-0.39, 0.29) is 22.7 Å². The molecule has 1 spiro atoms. The summed E-state index contributed by atoms with van der Waals surface area (Å²) in [5.74, 6) is -0.318. The SMILES string of the molecule is CC(=O)O[C@@H]1O[C@@H](OC(C)=O)[C@@H]2CC[C@H]3C(C)(C)[C@H]4C[C@@]23C1=C[C@H]4O. The summed E-state index contributed by atoms with van der Waals surface area (Å²) in [6.45, 7) is 7.14. The first kappa shape index (κ1) is 17.0. The molecule has 2 saturated carbocycles. The molecule has 0 amide bonds. The largest absolute Gasteiger partial charge is 0.435 e. The Balaban J connectivity index is 1.82. The average molecular weight is 350 g/mol. The van der Waals surface area contributed by atoms with E-state index in [1.54, 1.807) is 0 Å². The number of aliphatic hydroxyl groups excluding tert-OH is 1. The molecule has 0 aromatic rings. The molecule has 6 nitrogen and oxygen atoms in total. The number of carbonyl (C=O) groups is 2. The van der Waals surface area contributed by atoms with Crippen LogP contribution in [0.15, 0.2) is 11.6 Å². The third-order valence-corrected chi connectivity index (χ3v) is 7.16. The first-order chi connectivity index (χ1) is 11.7. The third-order valence-electron chi connectivity index (χ3n) is 7.16. The summed E-state index contributed by atoms with van der Waals surface area (Å²) in [6, 6.07) is 0. The van der Waals surface area contributed by atoms with Gasteiger partial charge in [0.25, 0.3) is 0 Å². The Bertz CT molecular complexity index is 652. The second-order valence-corrected chi connectivity index (χ2v) is 8.58. The lowest BCUT2D eigenvalue weighted by Gasteiger charge is -2.50. The maximum Gasteiger partial charge on any atom is 0.305 e. The number of esters is 2. The molecule has 25 heavy (non-hydrogen) atoms. The molecule has 0 aromatic carbocycles. The van der Waals surface area contributed by atoms with Crippen LogP contribution in [0.1, 0.15) is 47.0 Å². The van der Waals surface area contributed by atoms with E-state index in [1.807, 2.05) is 6.08 Å². The maximum absolute atomic E-state index is 11.6. The van der Waals surface area contributed by atoms with E-state index in [0.29, 0.717) is 5.92 Å². The zero-order valence-corrected chi connectivity index (χ0v) is 15.2. The standard InChI is InChI=1S/C19H26O6/c1-9(20)23-16-11-5-6-15-18(3,4)13-8-19(11,15)12(7-14(13)22)17(25-16)24-10(2)21/h7,11,13-17,22H,5-6,8H2,1-4H3/t11-,13-,14+,15-,16+,17+,19-/m0/s1. The van der Waals surface area contributed by atoms with Crippen molar-refractivity contribution < 1.29 is 28.9 Å². The van der Waals surface area contributed by atoms with Crippen LogP contribution in [-0.2, 0) is 23.8 Å². The predicted molar refractivity (Wildman–Crippen MR) is 86.8 cm³/mol. The van der Waals surface area contributed by atoms with Gasteiger partial charge in [0.1, 0.15) is 0 Å². The van der Waals surface area contributed by atoms with Gasteiger partial charge in [-0.1, -0.05) is 13.8 Å². The summed E-state index contributed by atoms with van der Waals surface area (Å²) < 4.78 is 16.8. The molecule has 3 fully saturated rings. The second-order valence-electron chi connectivity index (χ2n) is 8.58. The van der Waals surface area contributed by atoms with E-state index in [1.165, 1.54) is 13.8 Å². The molecular weight excluding hydrogens is 324 g/mol. The monoisotopic (exact) mass is 350 g/mol. The van der Waals surface area contributed by atoms with Crippen molar-refractivity contribution in [2.45, 2.75) is 65.6 Å². The van der Waals surface area contributed by atoms with Crippen LogP contribution in [0.25, 0.3) is 0 Å². The lowest BCUT2D eigenvalue weighted by atomic mass is 9.63. The van der Waals surface area contributed by atoms with Gasteiger partial charge in [-0.25, -0.2) is 0 Å². The third kappa shape index (κ3) is 2.16. The molecule has 7 atom stereocenters. The molecule has 4 aliphatic rings. The van der Waals surface area contributed by atoms with Crippen LogP contribution >= 0.6 is 0 Å². The van der Waals surface area contributed by atoms with E-state index in [9.17, 15) is 14.7 Å². The lowest BCUT2D eigenvalue weighted by Crippen LogP contribution is -2.53. The van der Waals surface area contributed by atoms with Gasteiger partial charge < -0.3 is 14.6 Å². The van der Waals surface area contributed by atoms with Gasteiger partial charge in [0.15, 0.2) is 0 Å². The van der Waals surface area contributed by atoms with E-state index in [4.69, 9.17) is 14.2 Å². The van der Waals surface area contributed by atoms with E-state index < -0.39 is 30.6 Å². The highest BCUT2D eigenvalue weighted by Crippen LogP contribution is 2.74. The second kappa shape index (κ2) is 5.30. The fourth-order valence-electron chi connectivity index (χ4n) is 6.37. The average Bonchev–Trinajstić information content (AvgIpc) is 2.94. The molecule has 1 N–H and O–H groups in total. The minimum atomic E-state index is -0.900. The van der Waals surface area contributed by atoms with Crippen LogP contribution in [0.3, 0.4) is 0 Å². The molecule has 4 rings (SSSR count). The molecule has 0 unspecified atom stereocenters. The molecule has 6 heteroatoms. The highest BCUT2D eigenvalue weighted by atomic mass is 16.8. The number of rotatable bonds is 2. The van der Waals surface area contributed by atoms with Crippen molar-refractivity contribution >= 4 is 11.9 Å². The van der Waals surface area contributed by atoms with Gasteiger partial charge in [-0.05, 0) is 42.6 Å². The van der Waals surface area contributed by atoms with Crippen LogP contribution < -0.4 is 0 Å². The number of carbonyl (C=O) groups excluding carboxylic acids is 2. The molecular formula is C19H26O6. The molecule has 138 valence electrons. The summed E-state index contributed by atoms with van der Waals surface area (Å²) in [4.78, 5) is 23.2. The van der Waals surface area contributed by atoms with Crippen molar-refractivity contribution in [2.75, 3.05) is 0 Å². The van der Waals surface area contributed by atoms with Crippen LogP contribution in [-0.4, -0.2) is 35.7 Å². The minimum Gasteiger partial charge on any atom is -0.435 e.